The Bertz CT molecular complexity index is 990. The lowest BCUT2D eigenvalue weighted by atomic mass is 10.1. The lowest BCUT2D eigenvalue weighted by molar-refractivity contribution is 0.0985. The smallest absolute Gasteiger partial charge is 0.260 e. The predicted molar refractivity (Wildman–Crippen MR) is 109 cm³/mol. The van der Waals surface area contributed by atoms with Gasteiger partial charge in [0.15, 0.2) is 16.6 Å². The van der Waals surface area contributed by atoms with Crippen molar-refractivity contribution in [1.29, 1.82) is 0 Å². The highest BCUT2D eigenvalue weighted by atomic mass is 32.1. The van der Waals surface area contributed by atoms with Crippen molar-refractivity contribution in [3.63, 3.8) is 0 Å². The molecular formula is C20H22FN3O3S. The third kappa shape index (κ3) is 4.23. The number of amides is 1. The second-order valence-corrected chi connectivity index (χ2v) is 7.45. The maximum atomic E-state index is 13.5. The first-order valence-corrected chi connectivity index (χ1v) is 9.49. The molecule has 148 valence electrons. The van der Waals surface area contributed by atoms with Gasteiger partial charge >= 0.3 is 0 Å². The minimum Gasteiger partial charge on any atom is -0.493 e. The van der Waals surface area contributed by atoms with Crippen LogP contribution in [0.25, 0.3) is 10.2 Å². The maximum Gasteiger partial charge on any atom is 0.260 e. The molecule has 0 unspecified atom stereocenters. The molecule has 0 saturated carbocycles. The van der Waals surface area contributed by atoms with Crippen LogP contribution in [0.2, 0.25) is 0 Å². The minimum absolute atomic E-state index is 0.206. The molecule has 6 nitrogen and oxygen atoms in total. The quantitative estimate of drug-likeness (QED) is 0.603. The normalized spacial score (nSPS) is 11.1. The van der Waals surface area contributed by atoms with Gasteiger partial charge in [-0.3, -0.25) is 9.69 Å². The zero-order chi connectivity index (χ0) is 20.3. The summed E-state index contributed by atoms with van der Waals surface area (Å²) in [5.41, 5.74) is 1.12. The van der Waals surface area contributed by atoms with Gasteiger partial charge < -0.3 is 14.4 Å². The molecule has 2 aromatic carbocycles. The van der Waals surface area contributed by atoms with Crippen LogP contribution in [0.1, 0.15) is 10.4 Å². The zero-order valence-electron chi connectivity index (χ0n) is 16.2. The number of nitrogens with zero attached hydrogens (tertiary/aromatic N) is 3. The summed E-state index contributed by atoms with van der Waals surface area (Å²) in [6.45, 7) is 1.10. The lowest BCUT2D eigenvalue weighted by Gasteiger charge is -2.22. The number of carbonyl (C=O) groups excluding carboxylic acids is 1. The standard InChI is InChI=1S/C20H22FN3O3S/c1-23(2)9-10-24(20-22-15-7-6-14(21)12-18(15)28-20)19(25)13-5-8-16(26-3)17(11-13)27-4/h5-8,11-12H,9-10H2,1-4H3. The molecule has 0 N–H and O–H groups in total. The van der Waals surface area contributed by atoms with Crippen LogP contribution in [0.15, 0.2) is 36.4 Å². The Hall–Kier alpha value is -2.71. The van der Waals surface area contributed by atoms with Gasteiger partial charge in [0.1, 0.15) is 5.82 Å². The molecule has 0 radical (unpaired) electrons. The van der Waals surface area contributed by atoms with Crippen molar-refractivity contribution in [2.45, 2.75) is 0 Å². The van der Waals surface area contributed by atoms with E-state index in [9.17, 15) is 9.18 Å². The number of anilines is 1. The fourth-order valence-corrected chi connectivity index (χ4v) is 3.73. The number of methoxy groups -OCH3 is 2. The lowest BCUT2D eigenvalue weighted by Crippen LogP contribution is -2.36. The third-order valence-corrected chi connectivity index (χ3v) is 5.26. The van der Waals surface area contributed by atoms with Gasteiger partial charge in [-0.05, 0) is 50.5 Å². The van der Waals surface area contributed by atoms with Crippen molar-refractivity contribution < 1.29 is 18.7 Å². The molecule has 0 spiro atoms. The molecule has 28 heavy (non-hydrogen) atoms. The van der Waals surface area contributed by atoms with Crippen LogP contribution < -0.4 is 14.4 Å². The van der Waals surface area contributed by atoms with Gasteiger partial charge in [-0.1, -0.05) is 11.3 Å². The van der Waals surface area contributed by atoms with E-state index in [1.54, 1.807) is 36.3 Å². The van der Waals surface area contributed by atoms with Gasteiger partial charge in [-0.15, -0.1) is 0 Å². The first kappa shape index (κ1) is 20.0. The number of carbonyl (C=O) groups is 1. The van der Waals surface area contributed by atoms with Crippen LogP contribution in [0.5, 0.6) is 11.5 Å². The van der Waals surface area contributed by atoms with Gasteiger partial charge in [-0.25, -0.2) is 9.37 Å². The van der Waals surface area contributed by atoms with Crippen LogP contribution >= 0.6 is 11.3 Å². The van der Waals surface area contributed by atoms with Crippen molar-refractivity contribution in [2.24, 2.45) is 0 Å². The highest BCUT2D eigenvalue weighted by Gasteiger charge is 2.22. The number of aromatic nitrogens is 1. The van der Waals surface area contributed by atoms with Crippen molar-refractivity contribution in [1.82, 2.24) is 9.88 Å². The average Bonchev–Trinajstić information content (AvgIpc) is 3.09. The van der Waals surface area contributed by atoms with E-state index < -0.39 is 0 Å². The number of ether oxygens (including phenoxy) is 2. The Morgan fingerprint density at radius 2 is 1.82 bits per heavy atom. The molecule has 0 aliphatic carbocycles. The Kier molecular flexibility index (Phi) is 6.11. The number of thiazole rings is 1. The first-order chi connectivity index (χ1) is 13.4. The molecule has 1 amide bonds. The van der Waals surface area contributed by atoms with Gasteiger partial charge in [0.2, 0.25) is 0 Å². The number of halogens is 1. The Morgan fingerprint density at radius 3 is 2.50 bits per heavy atom. The predicted octanol–water partition coefficient (Wildman–Crippen LogP) is 3.66. The second-order valence-electron chi connectivity index (χ2n) is 6.44. The molecule has 0 fully saturated rings. The van der Waals surface area contributed by atoms with Crippen LogP contribution in [0.3, 0.4) is 0 Å². The summed E-state index contributed by atoms with van der Waals surface area (Å²) >= 11 is 1.29. The fourth-order valence-electron chi connectivity index (χ4n) is 2.71. The zero-order valence-corrected chi connectivity index (χ0v) is 17.0. The molecule has 0 aliphatic rings. The number of hydrogen-bond acceptors (Lipinski definition) is 6. The fraction of sp³-hybridized carbons (Fsp3) is 0.300. The van der Waals surface area contributed by atoms with Gasteiger partial charge in [0.05, 0.1) is 24.4 Å². The molecule has 3 aromatic rings. The van der Waals surface area contributed by atoms with Gasteiger partial charge in [0, 0.05) is 18.7 Å². The van der Waals surface area contributed by atoms with Gasteiger partial charge in [0.25, 0.3) is 5.91 Å². The summed E-state index contributed by atoms with van der Waals surface area (Å²) in [6.07, 6.45) is 0. The number of benzene rings is 2. The maximum absolute atomic E-state index is 13.5. The van der Waals surface area contributed by atoms with E-state index in [1.165, 1.54) is 30.6 Å². The molecule has 8 heteroatoms. The average molecular weight is 403 g/mol. The van der Waals surface area contributed by atoms with E-state index in [1.807, 2.05) is 19.0 Å². The molecule has 0 saturated heterocycles. The summed E-state index contributed by atoms with van der Waals surface area (Å²) in [5, 5.41) is 0.530. The minimum atomic E-state index is -0.325. The van der Waals surface area contributed by atoms with Crippen LogP contribution in [0.4, 0.5) is 9.52 Å². The van der Waals surface area contributed by atoms with Crippen molar-refractivity contribution in [3.05, 3.63) is 47.8 Å². The van der Waals surface area contributed by atoms with E-state index in [0.29, 0.717) is 45.5 Å². The van der Waals surface area contributed by atoms with Crippen LogP contribution in [-0.4, -0.2) is 57.2 Å². The van der Waals surface area contributed by atoms with E-state index in [0.717, 1.165) is 0 Å². The molecule has 1 heterocycles. The number of likely N-dealkylation sites (N-methyl/N-ethyl adjacent to an activating group) is 1. The third-order valence-electron chi connectivity index (χ3n) is 4.22. The van der Waals surface area contributed by atoms with Crippen LogP contribution in [0, 0.1) is 5.82 Å². The second kappa shape index (κ2) is 8.53. The summed E-state index contributed by atoms with van der Waals surface area (Å²) in [6, 6.07) is 9.46. The van der Waals surface area contributed by atoms with Crippen LogP contribution in [-0.2, 0) is 0 Å². The Labute approximate surface area is 167 Å². The van der Waals surface area contributed by atoms with E-state index in [4.69, 9.17) is 9.47 Å². The number of hydrogen-bond donors (Lipinski definition) is 0. The van der Waals surface area contributed by atoms with E-state index >= 15 is 0 Å². The summed E-state index contributed by atoms with van der Waals surface area (Å²) < 4.78 is 24.8. The van der Waals surface area contributed by atoms with Crippen molar-refractivity contribution in [3.8, 4) is 11.5 Å². The number of rotatable bonds is 7. The van der Waals surface area contributed by atoms with Crippen molar-refractivity contribution >= 4 is 32.6 Å². The first-order valence-electron chi connectivity index (χ1n) is 8.67. The monoisotopic (exact) mass is 403 g/mol. The molecule has 3 rings (SSSR count). The summed E-state index contributed by atoms with van der Waals surface area (Å²) in [4.78, 5) is 21.4. The molecule has 0 bridgehead atoms. The van der Waals surface area contributed by atoms with E-state index in [2.05, 4.69) is 4.98 Å². The molecule has 0 aliphatic heterocycles. The Morgan fingerprint density at radius 1 is 1.07 bits per heavy atom. The SMILES string of the molecule is COc1ccc(C(=O)N(CCN(C)C)c2nc3ccc(F)cc3s2)cc1OC. The number of fused-ring (bicyclic) bond motifs is 1. The molecule has 1 aromatic heterocycles. The molecular weight excluding hydrogens is 381 g/mol. The van der Waals surface area contributed by atoms with Gasteiger partial charge in [-0.2, -0.15) is 0 Å². The van der Waals surface area contributed by atoms with Crippen molar-refractivity contribution in [2.75, 3.05) is 46.3 Å². The summed E-state index contributed by atoms with van der Waals surface area (Å²) in [7, 11) is 6.95. The largest absolute Gasteiger partial charge is 0.493 e. The topological polar surface area (TPSA) is 54.9 Å². The highest BCUT2D eigenvalue weighted by Crippen LogP contribution is 2.32. The molecule has 0 atom stereocenters. The Balaban J connectivity index is 1.99. The summed E-state index contributed by atoms with van der Waals surface area (Å²) in [5.74, 6) is 0.498. The van der Waals surface area contributed by atoms with E-state index in [-0.39, 0.29) is 11.7 Å². The highest BCUT2D eigenvalue weighted by molar-refractivity contribution is 7.22.